The fourth-order valence-electron chi connectivity index (χ4n) is 3.76. The first-order chi connectivity index (χ1) is 14.0. The van der Waals surface area contributed by atoms with Gasteiger partial charge in [-0.3, -0.25) is 9.59 Å². The maximum absolute atomic E-state index is 12.8. The van der Waals surface area contributed by atoms with E-state index in [2.05, 4.69) is 21.6 Å². The van der Waals surface area contributed by atoms with E-state index in [0.717, 1.165) is 22.5 Å². The molecular formula is C21H22N4O3S. The van der Waals surface area contributed by atoms with Crippen LogP contribution in [0.2, 0.25) is 0 Å². The van der Waals surface area contributed by atoms with Crippen LogP contribution in [0.4, 0.5) is 11.4 Å². The number of aliphatic hydroxyl groups is 1. The number of hydrogen-bond donors (Lipinski definition) is 3. The highest BCUT2D eigenvalue weighted by Gasteiger charge is 2.50. The van der Waals surface area contributed by atoms with E-state index in [1.807, 2.05) is 30.3 Å². The Balaban J connectivity index is 1.23. The molecule has 1 saturated heterocycles. The van der Waals surface area contributed by atoms with E-state index in [-0.39, 0.29) is 11.8 Å². The zero-order chi connectivity index (χ0) is 20.0. The molecule has 3 aliphatic rings. The highest BCUT2D eigenvalue weighted by Crippen LogP contribution is 2.37. The van der Waals surface area contributed by atoms with Gasteiger partial charge in [0.15, 0.2) is 0 Å². The fourth-order valence-corrected chi connectivity index (χ4v) is 4.38. The van der Waals surface area contributed by atoms with E-state index in [4.69, 9.17) is 0 Å². The zero-order valence-electron chi connectivity index (χ0n) is 15.9. The molecule has 0 unspecified atom stereocenters. The Bertz CT molecular complexity index is 966. The lowest BCUT2D eigenvalue weighted by Crippen LogP contribution is -2.53. The second-order valence-electron chi connectivity index (χ2n) is 7.76. The molecule has 1 saturated carbocycles. The minimum Gasteiger partial charge on any atom is -0.380 e. The molecule has 0 bridgehead atoms. The van der Waals surface area contributed by atoms with E-state index >= 15 is 0 Å². The van der Waals surface area contributed by atoms with Gasteiger partial charge in [0.1, 0.15) is 5.60 Å². The average Bonchev–Trinajstić information content (AvgIpc) is 3.34. The van der Waals surface area contributed by atoms with Gasteiger partial charge in [-0.1, -0.05) is 18.2 Å². The molecule has 1 aliphatic carbocycles. The van der Waals surface area contributed by atoms with Crippen LogP contribution in [0.1, 0.15) is 23.2 Å². The summed E-state index contributed by atoms with van der Waals surface area (Å²) in [4.78, 5) is 28.5. The van der Waals surface area contributed by atoms with Crippen molar-refractivity contribution in [3.8, 4) is 11.1 Å². The largest absolute Gasteiger partial charge is 0.380 e. The summed E-state index contributed by atoms with van der Waals surface area (Å²) in [6, 6.07) is 13.8. The quantitative estimate of drug-likeness (QED) is 0.675. The van der Waals surface area contributed by atoms with Crippen LogP contribution in [0.3, 0.4) is 0 Å². The van der Waals surface area contributed by atoms with Gasteiger partial charge in [0, 0.05) is 31.7 Å². The van der Waals surface area contributed by atoms with Gasteiger partial charge in [0.2, 0.25) is 0 Å². The number of hydrogen-bond acceptors (Lipinski definition) is 6. The van der Waals surface area contributed by atoms with Crippen LogP contribution >= 0.6 is 12.1 Å². The monoisotopic (exact) mass is 410 g/mol. The number of anilines is 2. The summed E-state index contributed by atoms with van der Waals surface area (Å²) in [5.74, 6) is -0.212. The minimum atomic E-state index is -1.14. The molecule has 0 radical (unpaired) electrons. The van der Waals surface area contributed by atoms with E-state index in [0.29, 0.717) is 44.6 Å². The first-order valence-corrected chi connectivity index (χ1v) is 10.6. The van der Waals surface area contributed by atoms with Crippen LogP contribution in [-0.2, 0) is 4.79 Å². The summed E-state index contributed by atoms with van der Waals surface area (Å²) in [5, 5.41) is 9.99. The summed E-state index contributed by atoms with van der Waals surface area (Å²) >= 11 is 1.45. The zero-order valence-corrected chi connectivity index (χ0v) is 16.7. The number of fused-ring (bicyclic) bond motifs is 1. The number of piperazine rings is 1. The van der Waals surface area contributed by atoms with Crippen molar-refractivity contribution < 1.29 is 14.7 Å². The molecule has 2 amide bonds. The molecule has 150 valence electrons. The van der Waals surface area contributed by atoms with E-state index in [1.165, 1.54) is 12.1 Å². The third-order valence-electron chi connectivity index (χ3n) is 5.78. The number of nitrogens with one attached hydrogen (secondary N) is 2. The number of benzene rings is 2. The van der Waals surface area contributed by atoms with Crippen molar-refractivity contribution in [2.24, 2.45) is 0 Å². The molecule has 2 aliphatic heterocycles. The number of carbonyl (C=O) groups is 2. The molecule has 3 N–H and O–H groups in total. The lowest BCUT2D eigenvalue weighted by atomic mass is 10.0. The van der Waals surface area contributed by atoms with Gasteiger partial charge >= 0.3 is 0 Å². The smallest absolute Gasteiger partial charge is 0.254 e. The van der Waals surface area contributed by atoms with E-state index < -0.39 is 5.60 Å². The molecule has 2 heterocycles. The maximum Gasteiger partial charge on any atom is 0.254 e. The third kappa shape index (κ3) is 3.42. The Kier molecular flexibility index (Phi) is 4.40. The molecule has 5 rings (SSSR count). The molecular weight excluding hydrogens is 388 g/mol. The summed E-state index contributed by atoms with van der Waals surface area (Å²) in [7, 11) is 0. The Morgan fingerprint density at radius 3 is 2.17 bits per heavy atom. The predicted molar refractivity (Wildman–Crippen MR) is 113 cm³/mol. The number of rotatable bonds is 3. The van der Waals surface area contributed by atoms with Crippen molar-refractivity contribution in [2.75, 3.05) is 35.6 Å². The van der Waals surface area contributed by atoms with Crippen molar-refractivity contribution in [1.82, 2.24) is 9.80 Å². The molecule has 0 spiro atoms. The number of amides is 2. The van der Waals surface area contributed by atoms with Crippen LogP contribution in [0.5, 0.6) is 0 Å². The van der Waals surface area contributed by atoms with Gasteiger partial charge in [-0.25, -0.2) is 0 Å². The van der Waals surface area contributed by atoms with Crippen LogP contribution in [0, 0.1) is 0 Å². The minimum absolute atomic E-state index is 0.0231. The van der Waals surface area contributed by atoms with Gasteiger partial charge in [-0.15, -0.1) is 0 Å². The molecule has 0 atom stereocenters. The SMILES string of the molecule is O=C(c1ccc(-c2ccc3c(c2)NSN3)cc1)N1CCN(C(=O)C2(O)CC2)CC1. The summed E-state index contributed by atoms with van der Waals surface area (Å²) in [6.45, 7) is 1.92. The van der Waals surface area contributed by atoms with E-state index in [9.17, 15) is 14.7 Å². The molecule has 7 nitrogen and oxygen atoms in total. The molecule has 0 aromatic heterocycles. The highest BCUT2D eigenvalue weighted by molar-refractivity contribution is 8.02. The fraction of sp³-hybridized carbons (Fsp3) is 0.333. The second-order valence-corrected chi connectivity index (χ2v) is 8.37. The molecule has 2 aromatic rings. The first kappa shape index (κ1) is 18.3. The van der Waals surface area contributed by atoms with Gasteiger partial charge in [-0.05, 0) is 48.2 Å². The molecule has 29 heavy (non-hydrogen) atoms. The van der Waals surface area contributed by atoms with Gasteiger partial charge in [0.05, 0.1) is 23.5 Å². The Labute approximate surface area is 173 Å². The number of nitrogens with zero attached hydrogens (tertiary/aromatic N) is 2. The molecule has 8 heteroatoms. The topological polar surface area (TPSA) is 84.9 Å². The predicted octanol–water partition coefficient (Wildman–Crippen LogP) is 2.56. The lowest BCUT2D eigenvalue weighted by molar-refractivity contribution is -0.143. The molecule has 2 fully saturated rings. The van der Waals surface area contributed by atoms with Crippen LogP contribution in [0.15, 0.2) is 42.5 Å². The Hall–Kier alpha value is -2.71. The third-order valence-corrected chi connectivity index (χ3v) is 6.43. The van der Waals surface area contributed by atoms with Crippen LogP contribution < -0.4 is 9.44 Å². The highest BCUT2D eigenvalue weighted by atomic mass is 32.2. The lowest BCUT2D eigenvalue weighted by Gasteiger charge is -2.35. The Morgan fingerprint density at radius 1 is 0.862 bits per heavy atom. The molecule has 2 aromatic carbocycles. The van der Waals surface area contributed by atoms with Crippen molar-refractivity contribution >= 4 is 35.3 Å². The standard InChI is InChI=1S/C21H22N4O3S/c26-19(24-9-11-25(12-10-24)20(27)21(28)7-8-21)15-3-1-14(2-4-15)16-5-6-17-18(13-16)23-29-22-17/h1-6,13,22-23,28H,7-12H2. The van der Waals surface area contributed by atoms with Gasteiger partial charge < -0.3 is 24.4 Å². The summed E-state index contributed by atoms with van der Waals surface area (Å²) < 4.78 is 6.39. The maximum atomic E-state index is 12.8. The van der Waals surface area contributed by atoms with Crippen molar-refractivity contribution in [3.05, 3.63) is 48.0 Å². The normalized spacial score (nSPS) is 19.2. The number of carbonyl (C=O) groups excluding carboxylic acids is 2. The van der Waals surface area contributed by atoms with Crippen molar-refractivity contribution in [3.63, 3.8) is 0 Å². The average molecular weight is 410 g/mol. The summed E-state index contributed by atoms with van der Waals surface area (Å²) in [6.07, 6.45) is 1.10. The van der Waals surface area contributed by atoms with Crippen molar-refractivity contribution in [1.29, 1.82) is 0 Å². The van der Waals surface area contributed by atoms with Crippen LogP contribution in [-0.4, -0.2) is 58.5 Å². The second kappa shape index (κ2) is 6.96. The summed E-state index contributed by atoms with van der Waals surface area (Å²) in [5.41, 5.74) is 3.77. The van der Waals surface area contributed by atoms with Crippen molar-refractivity contribution in [2.45, 2.75) is 18.4 Å². The van der Waals surface area contributed by atoms with E-state index in [1.54, 1.807) is 9.80 Å². The Morgan fingerprint density at radius 2 is 1.48 bits per heavy atom. The van der Waals surface area contributed by atoms with Gasteiger partial charge in [0.25, 0.3) is 11.8 Å². The van der Waals surface area contributed by atoms with Gasteiger partial charge in [-0.2, -0.15) is 0 Å². The first-order valence-electron chi connectivity index (χ1n) is 9.77. The van der Waals surface area contributed by atoms with Crippen LogP contribution in [0.25, 0.3) is 11.1 Å².